The van der Waals surface area contributed by atoms with E-state index >= 15 is 4.39 Å². The van der Waals surface area contributed by atoms with Crippen molar-refractivity contribution in [3.63, 3.8) is 0 Å². The molecule has 0 bridgehead atoms. The number of carboxylic acid groups (broad SMARTS) is 1. The number of carboxylic acids is 1. The van der Waals surface area contributed by atoms with E-state index in [2.05, 4.69) is 25.0 Å². The van der Waals surface area contributed by atoms with Gasteiger partial charge in [-0.3, -0.25) is 4.98 Å². The number of rotatable bonds is 12. The minimum atomic E-state index is -4.36. The van der Waals surface area contributed by atoms with E-state index < -0.39 is 44.4 Å². The minimum Gasteiger partial charge on any atom is -0.489 e. The van der Waals surface area contributed by atoms with Crippen LogP contribution in [0.25, 0.3) is 22.0 Å². The molecule has 3 N–H and O–H groups in total. The van der Waals surface area contributed by atoms with Crippen LogP contribution in [0, 0.1) is 17.5 Å². The molecule has 13 nitrogen and oxygen atoms in total. The zero-order chi connectivity index (χ0) is 35.6. The van der Waals surface area contributed by atoms with E-state index in [0.717, 1.165) is 24.4 Å². The maximum atomic E-state index is 16.3. The van der Waals surface area contributed by atoms with Crippen molar-refractivity contribution in [1.82, 2.24) is 19.7 Å². The van der Waals surface area contributed by atoms with E-state index in [1.807, 2.05) is 0 Å². The normalized spacial score (nSPS) is 14.5. The highest BCUT2D eigenvalue weighted by Gasteiger charge is 2.29. The van der Waals surface area contributed by atoms with Crippen LogP contribution in [0.5, 0.6) is 17.6 Å². The lowest BCUT2D eigenvalue weighted by Gasteiger charge is -2.19. The largest absolute Gasteiger partial charge is 0.489 e. The summed E-state index contributed by atoms with van der Waals surface area (Å²) in [6.07, 6.45) is 2.83. The van der Waals surface area contributed by atoms with Crippen LogP contribution < -0.4 is 24.2 Å². The molecule has 260 valence electrons. The number of fused-ring (bicyclic) bond motifs is 1. The van der Waals surface area contributed by atoms with E-state index in [4.69, 9.17) is 18.9 Å². The van der Waals surface area contributed by atoms with Gasteiger partial charge in [-0.2, -0.15) is 4.98 Å². The molecule has 1 unspecified atom stereocenters. The molecule has 0 aliphatic carbocycles. The summed E-state index contributed by atoms with van der Waals surface area (Å²) in [7, 11) is -1.63. The second-order valence-corrected chi connectivity index (χ2v) is 12.7. The van der Waals surface area contributed by atoms with Crippen molar-refractivity contribution in [1.29, 1.82) is 0 Å². The Balaban J connectivity index is 1.47. The second kappa shape index (κ2) is 14.1. The number of halogens is 3. The van der Waals surface area contributed by atoms with Crippen molar-refractivity contribution < 1.29 is 50.4 Å². The molecule has 1 aliphatic heterocycles. The van der Waals surface area contributed by atoms with E-state index in [1.165, 1.54) is 44.7 Å². The average molecular weight is 712 g/mol. The predicted molar refractivity (Wildman–Crippen MR) is 173 cm³/mol. The Hall–Kier alpha value is -5.52. The number of pyridine rings is 1. The SMILES string of the molecule is COc1ncc(-c2cc(F)c3c(Nc4cc(COc5cc(F)cc(F)c5)cc(C(=O)O)c4)c(S(=O)(=O)NC4CCOC4)cnc3c2)c(OC)n1. The predicted octanol–water partition coefficient (Wildman–Crippen LogP) is 5.21. The van der Waals surface area contributed by atoms with Gasteiger partial charge in [0.05, 0.1) is 48.5 Å². The third kappa shape index (κ3) is 7.39. The number of aromatic carboxylic acids is 1. The van der Waals surface area contributed by atoms with Gasteiger partial charge in [-0.05, 0) is 47.9 Å². The van der Waals surface area contributed by atoms with E-state index in [-0.39, 0.29) is 69.8 Å². The number of sulfonamides is 1. The summed E-state index contributed by atoms with van der Waals surface area (Å²) in [6, 6.07) is 8.56. The molecule has 3 heterocycles. The van der Waals surface area contributed by atoms with Crippen molar-refractivity contribution in [2.75, 3.05) is 32.8 Å². The number of methoxy groups -OCH3 is 2. The number of carbonyl (C=O) groups is 1. The van der Waals surface area contributed by atoms with Crippen molar-refractivity contribution in [3.05, 3.63) is 89.5 Å². The van der Waals surface area contributed by atoms with Gasteiger partial charge in [-0.25, -0.2) is 36.1 Å². The number of nitrogens with one attached hydrogen (secondary N) is 2. The lowest BCUT2D eigenvalue weighted by Crippen LogP contribution is -2.35. The molecule has 0 saturated carbocycles. The van der Waals surface area contributed by atoms with E-state index in [1.54, 1.807) is 0 Å². The van der Waals surface area contributed by atoms with Crippen LogP contribution in [0.4, 0.5) is 24.5 Å². The molecule has 1 fully saturated rings. The van der Waals surface area contributed by atoms with Crippen molar-refractivity contribution >= 4 is 38.3 Å². The summed E-state index contributed by atoms with van der Waals surface area (Å²) in [4.78, 5) is 24.2. The van der Waals surface area contributed by atoms with Crippen molar-refractivity contribution in [2.24, 2.45) is 0 Å². The molecule has 1 saturated heterocycles. The third-order valence-corrected chi connectivity index (χ3v) is 9.13. The summed E-state index contributed by atoms with van der Waals surface area (Å²) in [5, 5.41) is 12.5. The third-order valence-electron chi connectivity index (χ3n) is 7.60. The van der Waals surface area contributed by atoms with E-state index in [9.17, 15) is 27.1 Å². The molecular formula is C33H28F3N5O8S. The van der Waals surface area contributed by atoms with Crippen LogP contribution in [-0.4, -0.2) is 67.9 Å². The quantitative estimate of drug-likeness (QED) is 0.155. The van der Waals surface area contributed by atoms with Gasteiger partial charge >= 0.3 is 12.0 Å². The molecule has 2 aromatic heterocycles. The van der Waals surface area contributed by atoms with Gasteiger partial charge in [0.1, 0.15) is 34.7 Å². The molecule has 0 amide bonds. The van der Waals surface area contributed by atoms with E-state index in [0.29, 0.717) is 24.7 Å². The van der Waals surface area contributed by atoms with Crippen LogP contribution in [0.3, 0.4) is 0 Å². The number of ether oxygens (including phenoxy) is 4. The Morgan fingerprint density at radius 3 is 2.46 bits per heavy atom. The first-order valence-corrected chi connectivity index (χ1v) is 16.3. The number of aromatic nitrogens is 3. The molecule has 5 aromatic rings. The molecule has 17 heteroatoms. The Morgan fingerprint density at radius 2 is 1.78 bits per heavy atom. The Kier molecular flexibility index (Phi) is 9.72. The first kappa shape index (κ1) is 34.3. The fourth-order valence-electron chi connectivity index (χ4n) is 5.35. The molecule has 1 atom stereocenters. The fourth-order valence-corrected chi connectivity index (χ4v) is 6.71. The minimum absolute atomic E-state index is 0.0166. The molecule has 6 rings (SSSR count). The summed E-state index contributed by atoms with van der Waals surface area (Å²) in [5.41, 5.74) is 0.357. The topological polar surface area (TPSA) is 171 Å². The maximum absolute atomic E-state index is 16.3. The highest BCUT2D eigenvalue weighted by molar-refractivity contribution is 7.89. The number of nitrogens with zero attached hydrogens (tertiary/aromatic N) is 3. The Bertz CT molecular complexity index is 2200. The zero-order valence-corrected chi connectivity index (χ0v) is 27.2. The Labute approximate surface area is 283 Å². The summed E-state index contributed by atoms with van der Waals surface area (Å²) in [6.45, 7) is 0.151. The standard InChI is InChI=1S/C33H28F3N5O8S/c1-46-31-25(13-38-33(40-31)47-2)18-8-26(36)29-27(9-18)37-14-28(50(44,45)41-22-3-4-48-16-22)30(29)39-23-6-17(5-19(7-23)32(42)43)15-49-24-11-20(34)10-21(35)12-24/h5-14,22,41H,3-4,15-16H2,1-2H3,(H,37,39)(H,42,43). The van der Waals surface area contributed by atoms with Gasteiger partial charge in [0, 0.05) is 48.9 Å². The molecule has 0 radical (unpaired) electrons. The molecular weight excluding hydrogens is 683 g/mol. The molecule has 0 spiro atoms. The lowest BCUT2D eigenvalue weighted by molar-refractivity contribution is 0.0696. The first-order chi connectivity index (χ1) is 23.9. The summed E-state index contributed by atoms with van der Waals surface area (Å²) >= 11 is 0. The molecule has 3 aromatic carbocycles. The van der Waals surface area contributed by atoms with Crippen LogP contribution in [-0.2, 0) is 21.4 Å². The van der Waals surface area contributed by atoms with Gasteiger partial charge in [0.2, 0.25) is 15.9 Å². The van der Waals surface area contributed by atoms with Gasteiger partial charge in [-0.1, -0.05) is 0 Å². The second-order valence-electron chi connectivity index (χ2n) is 11.1. The van der Waals surface area contributed by atoms with Crippen molar-refractivity contribution in [2.45, 2.75) is 24.0 Å². The summed E-state index contributed by atoms with van der Waals surface area (Å²) < 4.78 is 95.0. The lowest BCUT2D eigenvalue weighted by atomic mass is 10.0. The first-order valence-electron chi connectivity index (χ1n) is 14.8. The van der Waals surface area contributed by atoms with Gasteiger partial charge in [-0.15, -0.1) is 0 Å². The average Bonchev–Trinajstić information content (AvgIpc) is 3.58. The highest BCUT2D eigenvalue weighted by atomic mass is 32.2. The van der Waals surface area contributed by atoms with Gasteiger partial charge in [0.15, 0.2) is 0 Å². The van der Waals surface area contributed by atoms with Crippen LogP contribution in [0.2, 0.25) is 0 Å². The number of benzene rings is 3. The fraction of sp³-hybridized carbons (Fsp3) is 0.212. The maximum Gasteiger partial charge on any atom is 0.335 e. The number of anilines is 2. The number of hydrogen-bond acceptors (Lipinski definition) is 11. The smallest absolute Gasteiger partial charge is 0.335 e. The molecule has 50 heavy (non-hydrogen) atoms. The Morgan fingerprint density at radius 1 is 1.00 bits per heavy atom. The van der Waals surface area contributed by atoms with Gasteiger partial charge < -0.3 is 29.4 Å². The highest BCUT2D eigenvalue weighted by Crippen LogP contribution is 2.38. The van der Waals surface area contributed by atoms with Crippen LogP contribution >= 0.6 is 0 Å². The zero-order valence-electron chi connectivity index (χ0n) is 26.4. The monoisotopic (exact) mass is 711 g/mol. The van der Waals surface area contributed by atoms with Crippen LogP contribution in [0.1, 0.15) is 22.3 Å². The molecule has 1 aliphatic rings. The van der Waals surface area contributed by atoms with Gasteiger partial charge in [0.25, 0.3) is 0 Å². The summed E-state index contributed by atoms with van der Waals surface area (Å²) in [5.74, 6) is -4.05. The number of hydrogen-bond donors (Lipinski definition) is 3. The van der Waals surface area contributed by atoms with Crippen LogP contribution in [0.15, 0.2) is 65.8 Å². The van der Waals surface area contributed by atoms with Crippen molar-refractivity contribution in [3.8, 4) is 28.8 Å².